The summed E-state index contributed by atoms with van der Waals surface area (Å²) in [6.07, 6.45) is 3.13. The van der Waals surface area contributed by atoms with Gasteiger partial charge in [0.1, 0.15) is 12.7 Å². The minimum Gasteiger partial charge on any atom is -0.493 e. The summed E-state index contributed by atoms with van der Waals surface area (Å²) in [6, 6.07) is 12.8. The van der Waals surface area contributed by atoms with E-state index in [9.17, 15) is 4.79 Å². The van der Waals surface area contributed by atoms with Gasteiger partial charge in [0.2, 0.25) is 0 Å². The number of nitrogens with one attached hydrogen (secondary N) is 1. The van der Waals surface area contributed by atoms with E-state index >= 15 is 0 Å². The molecule has 0 saturated carbocycles. The van der Waals surface area contributed by atoms with Gasteiger partial charge < -0.3 is 14.8 Å². The summed E-state index contributed by atoms with van der Waals surface area (Å²) in [5, 5.41) is 7.10. The van der Waals surface area contributed by atoms with Gasteiger partial charge in [0, 0.05) is 5.56 Å². The molecule has 0 radical (unpaired) electrons. The second kappa shape index (κ2) is 8.35. The normalized spacial score (nSPS) is 11.7. The molecule has 0 bridgehead atoms. The van der Waals surface area contributed by atoms with Crippen LogP contribution in [-0.2, 0) is 0 Å². The van der Waals surface area contributed by atoms with E-state index < -0.39 is 0 Å². The third kappa shape index (κ3) is 4.25. The highest BCUT2D eigenvalue weighted by Crippen LogP contribution is 2.28. The van der Waals surface area contributed by atoms with E-state index in [1.54, 1.807) is 36.3 Å². The standard InChI is InChI=1S/C20H22N4O3/c1-4-27-18-10-7-16(11-19(18)26-3)20(25)23-14(2)15-5-8-17(9-6-15)24-13-21-12-22-24/h5-14H,4H2,1-3H3,(H,23,25). The zero-order valence-corrected chi connectivity index (χ0v) is 15.5. The highest BCUT2D eigenvalue weighted by atomic mass is 16.5. The number of nitrogens with zero attached hydrogens (tertiary/aromatic N) is 3. The molecular formula is C20H22N4O3. The first kappa shape index (κ1) is 18.4. The van der Waals surface area contributed by atoms with Gasteiger partial charge in [0.05, 0.1) is 25.4 Å². The van der Waals surface area contributed by atoms with E-state index in [2.05, 4.69) is 15.4 Å². The van der Waals surface area contributed by atoms with Gasteiger partial charge in [-0.3, -0.25) is 4.79 Å². The molecule has 0 spiro atoms. The molecule has 2 aromatic carbocycles. The molecule has 0 saturated heterocycles. The number of carbonyl (C=O) groups excluding carboxylic acids is 1. The van der Waals surface area contributed by atoms with Crippen LogP contribution >= 0.6 is 0 Å². The van der Waals surface area contributed by atoms with Crippen LogP contribution in [0.2, 0.25) is 0 Å². The lowest BCUT2D eigenvalue weighted by Crippen LogP contribution is -2.26. The smallest absolute Gasteiger partial charge is 0.251 e. The van der Waals surface area contributed by atoms with Crippen LogP contribution in [0, 0.1) is 0 Å². The fourth-order valence-corrected chi connectivity index (χ4v) is 2.70. The van der Waals surface area contributed by atoms with Crippen molar-refractivity contribution in [3.63, 3.8) is 0 Å². The Morgan fingerprint density at radius 1 is 1.19 bits per heavy atom. The number of benzene rings is 2. The van der Waals surface area contributed by atoms with E-state index in [0.717, 1.165) is 11.3 Å². The van der Waals surface area contributed by atoms with Crippen LogP contribution in [0.4, 0.5) is 0 Å². The molecule has 3 rings (SSSR count). The van der Waals surface area contributed by atoms with E-state index in [1.165, 1.54) is 6.33 Å². The van der Waals surface area contributed by atoms with Crippen LogP contribution in [0.3, 0.4) is 0 Å². The van der Waals surface area contributed by atoms with Gasteiger partial charge >= 0.3 is 0 Å². The molecule has 1 unspecified atom stereocenters. The van der Waals surface area contributed by atoms with Crippen LogP contribution in [0.25, 0.3) is 5.69 Å². The second-order valence-corrected chi connectivity index (χ2v) is 5.93. The van der Waals surface area contributed by atoms with Gasteiger partial charge in [0.15, 0.2) is 11.5 Å². The number of aromatic nitrogens is 3. The molecular weight excluding hydrogens is 344 g/mol. The van der Waals surface area contributed by atoms with Crippen LogP contribution in [0.5, 0.6) is 11.5 Å². The zero-order chi connectivity index (χ0) is 19.2. The van der Waals surface area contributed by atoms with Crippen molar-refractivity contribution in [1.82, 2.24) is 20.1 Å². The number of hydrogen-bond donors (Lipinski definition) is 1. The number of hydrogen-bond acceptors (Lipinski definition) is 5. The van der Waals surface area contributed by atoms with E-state index in [-0.39, 0.29) is 11.9 Å². The maximum absolute atomic E-state index is 12.6. The van der Waals surface area contributed by atoms with Crippen LogP contribution in [-0.4, -0.2) is 34.4 Å². The molecule has 140 valence electrons. The first-order valence-electron chi connectivity index (χ1n) is 8.69. The lowest BCUT2D eigenvalue weighted by atomic mass is 10.1. The van der Waals surface area contributed by atoms with Gasteiger partial charge in [0.25, 0.3) is 5.91 Å². The van der Waals surface area contributed by atoms with Crippen LogP contribution in [0.1, 0.15) is 35.8 Å². The molecule has 7 heteroatoms. The average molecular weight is 366 g/mol. The molecule has 0 fully saturated rings. The molecule has 1 heterocycles. The Kier molecular flexibility index (Phi) is 5.71. The first-order chi connectivity index (χ1) is 13.1. The van der Waals surface area contributed by atoms with Crippen molar-refractivity contribution in [2.45, 2.75) is 19.9 Å². The Morgan fingerprint density at radius 2 is 1.96 bits per heavy atom. The Bertz CT molecular complexity index is 892. The zero-order valence-electron chi connectivity index (χ0n) is 15.5. The minimum absolute atomic E-state index is 0.153. The number of ether oxygens (including phenoxy) is 2. The molecule has 0 aliphatic carbocycles. The predicted molar refractivity (Wildman–Crippen MR) is 101 cm³/mol. The third-order valence-electron chi connectivity index (χ3n) is 4.15. The SMILES string of the molecule is CCOc1ccc(C(=O)NC(C)c2ccc(-n3cncn3)cc2)cc1OC. The number of amides is 1. The monoisotopic (exact) mass is 366 g/mol. The quantitative estimate of drug-likeness (QED) is 0.695. The molecule has 27 heavy (non-hydrogen) atoms. The van der Waals surface area contributed by atoms with Gasteiger partial charge in [-0.15, -0.1) is 0 Å². The Morgan fingerprint density at radius 3 is 2.59 bits per heavy atom. The summed E-state index contributed by atoms with van der Waals surface area (Å²) in [6.45, 7) is 4.37. The number of rotatable bonds is 7. The Hall–Kier alpha value is -3.35. The van der Waals surface area contributed by atoms with Crippen molar-refractivity contribution in [3.8, 4) is 17.2 Å². The van der Waals surface area contributed by atoms with Crippen molar-refractivity contribution < 1.29 is 14.3 Å². The number of methoxy groups -OCH3 is 1. The maximum atomic E-state index is 12.6. The molecule has 1 amide bonds. The number of carbonyl (C=O) groups is 1. The molecule has 0 aliphatic rings. The molecule has 7 nitrogen and oxygen atoms in total. The molecule has 1 N–H and O–H groups in total. The van der Waals surface area contributed by atoms with E-state index in [4.69, 9.17) is 9.47 Å². The first-order valence-corrected chi connectivity index (χ1v) is 8.69. The van der Waals surface area contributed by atoms with E-state index in [0.29, 0.717) is 23.7 Å². The van der Waals surface area contributed by atoms with E-state index in [1.807, 2.05) is 38.1 Å². The van der Waals surface area contributed by atoms with Crippen LogP contribution in [0.15, 0.2) is 55.1 Å². The fourth-order valence-electron chi connectivity index (χ4n) is 2.70. The maximum Gasteiger partial charge on any atom is 0.251 e. The molecule has 1 aromatic heterocycles. The summed E-state index contributed by atoms with van der Waals surface area (Å²) in [4.78, 5) is 16.5. The summed E-state index contributed by atoms with van der Waals surface area (Å²) >= 11 is 0. The van der Waals surface area contributed by atoms with Gasteiger partial charge in [-0.1, -0.05) is 12.1 Å². The fraction of sp³-hybridized carbons (Fsp3) is 0.250. The lowest BCUT2D eigenvalue weighted by molar-refractivity contribution is 0.0939. The summed E-state index contributed by atoms with van der Waals surface area (Å²) in [5.74, 6) is 0.979. The van der Waals surface area contributed by atoms with Gasteiger partial charge in [-0.05, 0) is 49.7 Å². The Labute approximate surface area is 158 Å². The van der Waals surface area contributed by atoms with Gasteiger partial charge in [-0.2, -0.15) is 5.10 Å². The van der Waals surface area contributed by atoms with Crippen molar-refractivity contribution in [2.75, 3.05) is 13.7 Å². The van der Waals surface area contributed by atoms with Crippen molar-refractivity contribution in [3.05, 3.63) is 66.2 Å². The summed E-state index contributed by atoms with van der Waals surface area (Å²) in [5.41, 5.74) is 2.41. The average Bonchev–Trinajstić information content (AvgIpc) is 3.23. The Balaban J connectivity index is 1.70. The highest BCUT2D eigenvalue weighted by molar-refractivity contribution is 5.95. The lowest BCUT2D eigenvalue weighted by Gasteiger charge is -2.16. The molecule has 1 atom stereocenters. The van der Waals surface area contributed by atoms with Crippen LogP contribution < -0.4 is 14.8 Å². The largest absolute Gasteiger partial charge is 0.493 e. The highest BCUT2D eigenvalue weighted by Gasteiger charge is 2.14. The molecule has 3 aromatic rings. The summed E-state index contributed by atoms with van der Waals surface area (Å²) < 4.78 is 12.5. The topological polar surface area (TPSA) is 78.3 Å². The predicted octanol–water partition coefficient (Wildman–Crippen LogP) is 3.17. The molecule has 0 aliphatic heterocycles. The third-order valence-corrected chi connectivity index (χ3v) is 4.15. The van der Waals surface area contributed by atoms with Crippen molar-refractivity contribution >= 4 is 5.91 Å². The minimum atomic E-state index is -0.177. The van der Waals surface area contributed by atoms with Crippen molar-refractivity contribution in [2.24, 2.45) is 0 Å². The van der Waals surface area contributed by atoms with Crippen molar-refractivity contribution in [1.29, 1.82) is 0 Å². The van der Waals surface area contributed by atoms with Gasteiger partial charge in [-0.25, -0.2) is 9.67 Å². The summed E-state index contributed by atoms with van der Waals surface area (Å²) in [7, 11) is 1.55. The second-order valence-electron chi connectivity index (χ2n) is 5.93.